The maximum absolute atomic E-state index is 12.6. The first-order chi connectivity index (χ1) is 14.1. The lowest BCUT2D eigenvalue weighted by molar-refractivity contribution is -0.132. The van der Waals surface area contributed by atoms with Gasteiger partial charge in [0.1, 0.15) is 5.01 Å². The van der Waals surface area contributed by atoms with Gasteiger partial charge in [-0.1, -0.05) is 53.5 Å². The molecule has 0 atom stereocenters. The fourth-order valence-corrected chi connectivity index (χ4v) is 4.55. The van der Waals surface area contributed by atoms with Crippen LogP contribution < -0.4 is 0 Å². The molecule has 1 amide bonds. The van der Waals surface area contributed by atoms with Gasteiger partial charge in [-0.05, 0) is 23.8 Å². The quantitative estimate of drug-likeness (QED) is 0.553. The SMILES string of the molecule is O=C(Cc1ccccc1Cl)N1CCN(Cc2csc(-c3ccc(Cl)cc3)n2)CC1. The van der Waals surface area contributed by atoms with Crippen molar-refractivity contribution in [3.63, 3.8) is 0 Å². The molecule has 0 saturated carbocycles. The van der Waals surface area contributed by atoms with Gasteiger partial charge in [-0.2, -0.15) is 0 Å². The number of aromatic nitrogens is 1. The number of hydrogen-bond acceptors (Lipinski definition) is 4. The van der Waals surface area contributed by atoms with Gasteiger partial charge in [0.05, 0.1) is 12.1 Å². The monoisotopic (exact) mass is 445 g/mol. The number of carbonyl (C=O) groups is 1. The number of hydrogen-bond donors (Lipinski definition) is 0. The third kappa shape index (κ3) is 5.17. The zero-order valence-corrected chi connectivity index (χ0v) is 18.2. The Labute approximate surface area is 184 Å². The number of amides is 1. The molecule has 4 nitrogen and oxygen atoms in total. The Morgan fingerprint density at radius 2 is 1.72 bits per heavy atom. The van der Waals surface area contributed by atoms with Gasteiger partial charge in [0.25, 0.3) is 0 Å². The zero-order valence-electron chi connectivity index (χ0n) is 15.9. The van der Waals surface area contributed by atoms with Gasteiger partial charge in [0.2, 0.25) is 5.91 Å². The minimum atomic E-state index is 0.136. The maximum atomic E-state index is 12.6. The van der Waals surface area contributed by atoms with Crippen LogP contribution in [0.4, 0.5) is 0 Å². The predicted molar refractivity (Wildman–Crippen MR) is 120 cm³/mol. The molecular weight excluding hydrogens is 425 g/mol. The highest BCUT2D eigenvalue weighted by Gasteiger charge is 2.22. The molecule has 0 spiro atoms. The molecular formula is C22H21Cl2N3OS. The van der Waals surface area contributed by atoms with Gasteiger partial charge in [0, 0.05) is 53.7 Å². The van der Waals surface area contributed by atoms with Crippen LogP contribution in [0.5, 0.6) is 0 Å². The minimum Gasteiger partial charge on any atom is -0.340 e. The number of nitrogens with zero attached hydrogens (tertiary/aromatic N) is 3. The van der Waals surface area contributed by atoms with Gasteiger partial charge in [-0.3, -0.25) is 9.69 Å². The standard InChI is InChI=1S/C22H21Cl2N3OS/c23-18-7-5-16(6-8-18)22-25-19(15-29-22)14-26-9-11-27(12-10-26)21(28)13-17-3-1-2-4-20(17)24/h1-8,15H,9-14H2. The van der Waals surface area contributed by atoms with E-state index in [1.807, 2.05) is 53.4 Å². The van der Waals surface area contributed by atoms with E-state index in [1.165, 1.54) is 0 Å². The van der Waals surface area contributed by atoms with Crippen LogP contribution in [-0.2, 0) is 17.8 Å². The highest BCUT2D eigenvalue weighted by atomic mass is 35.5. The number of benzene rings is 2. The van der Waals surface area contributed by atoms with Gasteiger partial charge < -0.3 is 4.90 Å². The summed E-state index contributed by atoms with van der Waals surface area (Å²) < 4.78 is 0. The van der Waals surface area contributed by atoms with E-state index in [4.69, 9.17) is 28.2 Å². The van der Waals surface area contributed by atoms with Crippen LogP contribution in [0.15, 0.2) is 53.9 Å². The summed E-state index contributed by atoms with van der Waals surface area (Å²) in [5.74, 6) is 0.136. The van der Waals surface area contributed by atoms with Crippen LogP contribution in [0.2, 0.25) is 10.0 Å². The molecule has 7 heteroatoms. The van der Waals surface area contributed by atoms with Crippen LogP contribution in [0, 0.1) is 0 Å². The Morgan fingerprint density at radius 1 is 1.00 bits per heavy atom. The molecule has 1 aromatic heterocycles. The lowest BCUT2D eigenvalue weighted by atomic mass is 10.1. The van der Waals surface area contributed by atoms with Crippen molar-refractivity contribution in [2.24, 2.45) is 0 Å². The first-order valence-electron chi connectivity index (χ1n) is 9.52. The summed E-state index contributed by atoms with van der Waals surface area (Å²) in [6.07, 6.45) is 0.357. The lowest BCUT2D eigenvalue weighted by Gasteiger charge is -2.34. The summed E-state index contributed by atoms with van der Waals surface area (Å²) in [6, 6.07) is 15.3. The highest BCUT2D eigenvalue weighted by molar-refractivity contribution is 7.13. The second kappa shape index (κ2) is 9.26. The fourth-order valence-electron chi connectivity index (χ4n) is 3.41. The third-order valence-electron chi connectivity index (χ3n) is 5.05. The van der Waals surface area contributed by atoms with Crippen molar-refractivity contribution in [3.8, 4) is 10.6 Å². The van der Waals surface area contributed by atoms with Crippen LogP contribution in [0.3, 0.4) is 0 Å². The van der Waals surface area contributed by atoms with E-state index in [9.17, 15) is 4.79 Å². The largest absolute Gasteiger partial charge is 0.340 e. The van der Waals surface area contributed by atoms with E-state index in [2.05, 4.69) is 10.3 Å². The Kier molecular flexibility index (Phi) is 6.50. The van der Waals surface area contributed by atoms with Crippen LogP contribution in [0.1, 0.15) is 11.3 Å². The first kappa shape index (κ1) is 20.4. The molecule has 1 fully saturated rings. The van der Waals surface area contributed by atoms with E-state index in [-0.39, 0.29) is 5.91 Å². The summed E-state index contributed by atoms with van der Waals surface area (Å²) in [5.41, 5.74) is 3.04. The fraction of sp³-hybridized carbons (Fsp3) is 0.273. The van der Waals surface area contributed by atoms with Gasteiger partial charge in [-0.15, -0.1) is 11.3 Å². The van der Waals surface area contributed by atoms with Crippen LogP contribution in [0.25, 0.3) is 10.6 Å². The van der Waals surface area contributed by atoms with Crippen molar-refractivity contribution >= 4 is 40.4 Å². The molecule has 0 N–H and O–H groups in total. The van der Waals surface area contributed by atoms with Crippen molar-refractivity contribution in [3.05, 3.63) is 75.2 Å². The van der Waals surface area contributed by atoms with Crippen molar-refractivity contribution in [1.82, 2.24) is 14.8 Å². The first-order valence-corrected chi connectivity index (χ1v) is 11.2. The Balaban J connectivity index is 1.29. The average molecular weight is 446 g/mol. The van der Waals surface area contributed by atoms with Gasteiger partial charge in [0.15, 0.2) is 0 Å². The molecule has 2 heterocycles. The van der Waals surface area contributed by atoms with E-state index in [1.54, 1.807) is 11.3 Å². The highest BCUT2D eigenvalue weighted by Crippen LogP contribution is 2.26. The van der Waals surface area contributed by atoms with E-state index < -0.39 is 0 Å². The number of thiazole rings is 1. The molecule has 29 heavy (non-hydrogen) atoms. The van der Waals surface area contributed by atoms with Crippen molar-refractivity contribution in [1.29, 1.82) is 0 Å². The normalized spacial score (nSPS) is 14.9. The number of halogens is 2. The number of carbonyl (C=O) groups excluding carboxylic acids is 1. The maximum Gasteiger partial charge on any atom is 0.227 e. The summed E-state index contributed by atoms with van der Waals surface area (Å²) in [6.45, 7) is 3.97. The molecule has 0 unspecified atom stereocenters. The molecule has 0 aliphatic carbocycles. The second-order valence-corrected chi connectivity index (χ2v) is 8.78. The molecule has 3 aromatic rings. The van der Waals surface area contributed by atoms with Gasteiger partial charge >= 0.3 is 0 Å². The topological polar surface area (TPSA) is 36.4 Å². The van der Waals surface area contributed by atoms with E-state index >= 15 is 0 Å². The molecule has 1 saturated heterocycles. The molecule has 1 aliphatic rings. The zero-order chi connectivity index (χ0) is 20.2. The molecule has 0 bridgehead atoms. The molecule has 0 radical (unpaired) electrons. The Bertz CT molecular complexity index is 982. The van der Waals surface area contributed by atoms with Gasteiger partial charge in [-0.25, -0.2) is 4.98 Å². The van der Waals surface area contributed by atoms with E-state index in [0.29, 0.717) is 11.4 Å². The predicted octanol–water partition coefficient (Wildman–Crippen LogP) is 5.00. The summed E-state index contributed by atoms with van der Waals surface area (Å²) >= 11 is 13.8. The lowest BCUT2D eigenvalue weighted by Crippen LogP contribution is -2.48. The smallest absolute Gasteiger partial charge is 0.227 e. The van der Waals surface area contributed by atoms with Crippen LogP contribution >= 0.6 is 34.5 Å². The molecule has 4 rings (SSSR count). The molecule has 150 valence electrons. The summed E-state index contributed by atoms with van der Waals surface area (Å²) in [5, 5.41) is 4.50. The van der Waals surface area contributed by atoms with Crippen molar-refractivity contribution < 1.29 is 4.79 Å². The number of piperazine rings is 1. The molecule has 2 aromatic carbocycles. The summed E-state index contributed by atoms with van der Waals surface area (Å²) in [4.78, 5) is 21.6. The Hall–Kier alpha value is -1.92. The van der Waals surface area contributed by atoms with Crippen molar-refractivity contribution in [2.75, 3.05) is 26.2 Å². The third-order valence-corrected chi connectivity index (χ3v) is 6.61. The number of rotatable bonds is 5. The minimum absolute atomic E-state index is 0.136. The Morgan fingerprint density at radius 3 is 2.45 bits per heavy atom. The average Bonchev–Trinajstić information content (AvgIpc) is 3.19. The molecule has 1 aliphatic heterocycles. The van der Waals surface area contributed by atoms with Crippen molar-refractivity contribution in [2.45, 2.75) is 13.0 Å². The summed E-state index contributed by atoms with van der Waals surface area (Å²) in [7, 11) is 0. The van der Waals surface area contributed by atoms with Crippen LogP contribution in [-0.4, -0.2) is 46.9 Å². The van der Waals surface area contributed by atoms with E-state index in [0.717, 1.165) is 59.6 Å². The second-order valence-electron chi connectivity index (χ2n) is 7.08.